The molecule has 1 atom stereocenters. The number of nitrogens with zero attached hydrogens (tertiary/aromatic N) is 5. The monoisotopic (exact) mass is 268 g/mol. The van der Waals surface area contributed by atoms with Crippen molar-refractivity contribution in [3.8, 4) is 0 Å². The minimum atomic E-state index is -0.420. The van der Waals surface area contributed by atoms with Crippen LogP contribution in [0.5, 0.6) is 0 Å². The summed E-state index contributed by atoms with van der Waals surface area (Å²) in [5.74, 6) is -0.128. The number of hydrogen-bond acceptors (Lipinski definition) is 4. The third-order valence-corrected chi connectivity index (χ3v) is 2.76. The number of H-pyrrole nitrogens is 1. The molecule has 0 saturated carbocycles. The van der Waals surface area contributed by atoms with Gasteiger partial charge in [-0.1, -0.05) is 16.7 Å². The maximum Gasteiger partial charge on any atom is 0.253 e. The van der Waals surface area contributed by atoms with E-state index in [2.05, 4.69) is 20.0 Å². The summed E-state index contributed by atoms with van der Waals surface area (Å²) in [4.78, 5) is 33.3. The molecule has 2 rings (SSSR count). The third-order valence-electron chi connectivity index (χ3n) is 2.56. The molecule has 1 aliphatic heterocycles. The lowest BCUT2D eigenvalue weighted by Gasteiger charge is -2.14. The topological polar surface area (TPSA) is 115 Å². The lowest BCUT2D eigenvalue weighted by Crippen LogP contribution is -2.28. The first-order valence-electron chi connectivity index (χ1n) is 5.18. The Morgan fingerprint density at radius 3 is 3.11 bits per heavy atom. The number of amides is 1. The zero-order valence-electron chi connectivity index (χ0n) is 9.21. The maximum absolute atomic E-state index is 11.8. The van der Waals surface area contributed by atoms with Gasteiger partial charge in [-0.05, 0) is 11.4 Å². The lowest BCUT2D eigenvalue weighted by atomic mass is 10.1. The van der Waals surface area contributed by atoms with Gasteiger partial charge in [-0.15, -0.1) is 0 Å². The highest BCUT2D eigenvalue weighted by molar-refractivity contribution is 6.29. The van der Waals surface area contributed by atoms with E-state index in [1.54, 1.807) is 0 Å². The molecule has 1 saturated heterocycles. The van der Waals surface area contributed by atoms with Crippen LogP contribution in [-0.4, -0.2) is 29.0 Å². The fourth-order valence-corrected chi connectivity index (χ4v) is 1.98. The summed E-state index contributed by atoms with van der Waals surface area (Å²) in [6.07, 6.45) is 0.259. The Morgan fingerprint density at radius 1 is 1.67 bits per heavy atom. The third kappa shape index (κ3) is 2.61. The summed E-state index contributed by atoms with van der Waals surface area (Å²) in [7, 11) is 0. The summed E-state index contributed by atoms with van der Waals surface area (Å²) in [6.45, 7) is 0.588. The van der Waals surface area contributed by atoms with Crippen molar-refractivity contribution < 1.29 is 4.79 Å². The standard InChI is InChI=1S/C9H9ClN6O2/c10-6-2-7(17)14-9(13-6)16-4-5(1-8(16)18)3-12-15-11/h2,5H,1,3-4H2,(H,13,14,17). The molecular weight excluding hydrogens is 260 g/mol. The fourth-order valence-electron chi connectivity index (χ4n) is 1.80. The minimum absolute atomic E-state index is 0.0278. The summed E-state index contributed by atoms with van der Waals surface area (Å²) >= 11 is 5.66. The van der Waals surface area contributed by atoms with Crippen LogP contribution in [-0.2, 0) is 4.79 Å². The number of nitrogens with one attached hydrogen (secondary N) is 1. The van der Waals surface area contributed by atoms with Gasteiger partial charge in [0.1, 0.15) is 5.15 Å². The Bertz CT molecular complexity index is 579. The molecule has 0 aliphatic carbocycles. The van der Waals surface area contributed by atoms with Crippen LogP contribution in [0.3, 0.4) is 0 Å². The molecule has 1 unspecified atom stereocenters. The first-order chi connectivity index (χ1) is 8.60. The molecule has 1 aliphatic rings. The number of anilines is 1. The molecule has 1 aromatic rings. The second kappa shape index (κ2) is 5.07. The quantitative estimate of drug-likeness (QED) is 0.383. The van der Waals surface area contributed by atoms with E-state index in [1.807, 2.05) is 0 Å². The lowest BCUT2D eigenvalue weighted by molar-refractivity contribution is -0.117. The van der Waals surface area contributed by atoms with Crippen LogP contribution in [0.2, 0.25) is 5.15 Å². The Balaban J connectivity index is 2.21. The molecular formula is C9H9ClN6O2. The highest BCUT2D eigenvalue weighted by Gasteiger charge is 2.31. The molecule has 18 heavy (non-hydrogen) atoms. The summed E-state index contributed by atoms with van der Waals surface area (Å²) in [6, 6.07) is 1.13. The van der Waals surface area contributed by atoms with E-state index in [9.17, 15) is 9.59 Å². The Labute approximate surface area is 106 Å². The highest BCUT2D eigenvalue weighted by Crippen LogP contribution is 2.22. The number of carbonyl (C=O) groups is 1. The van der Waals surface area contributed by atoms with E-state index in [0.717, 1.165) is 6.07 Å². The molecule has 0 spiro atoms. The van der Waals surface area contributed by atoms with Crippen LogP contribution >= 0.6 is 11.6 Å². The Kier molecular flexibility index (Phi) is 3.50. The van der Waals surface area contributed by atoms with E-state index in [4.69, 9.17) is 17.1 Å². The van der Waals surface area contributed by atoms with Crippen LogP contribution in [0.1, 0.15) is 6.42 Å². The van der Waals surface area contributed by atoms with Crippen molar-refractivity contribution >= 4 is 23.5 Å². The van der Waals surface area contributed by atoms with E-state index in [-0.39, 0.29) is 35.9 Å². The van der Waals surface area contributed by atoms with Crippen molar-refractivity contribution in [1.82, 2.24) is 9.97 Å². The van der Waals surface area contributed by atoms with Gasteiger partial charge in [-0.25, -0.2) is 4.98 Å². The van der Waals surface area contributed by atoms with Gasteiger partial charge in [0.25, 0.3) is 5.56 Å². The summed E-state index contributed by atoms with van der Waals surface area (Å²) < 4.78 is 0. The van der Waals surface area contributed by atoms with Crippen molar-refractivity contribution in [2.45, 2.75) is 6.42 Å². The molecule has 1 amide bonds. The Morgan fingerprint density at radius 2 is 2.44 bits per heavy atom. The molecule has 9 heteroatoms. The number of halogens is 1. The molecule has 0 radical (unpaired) electrons. The number of rotatable bonds is 3. The SMILES string of the molecule is [N-]=[N+]=NCC1CC(=O)N(c2nc(Cl)cc(=O)[nH]2)C1. The van der Waals surface area contributed by atoms with Gasteiger partial charge in [0.15, 0.2) is 0 Å². The van der Waals surface area contributed by atoms with Gasteiger partial charge in [0, 0.05) is 30.5 Å². The molecule has 2 heterocycles. The van der Waals surface area contributed by atoms with E-state index >= 15 is 0 Å². The smallest absolute Gasteiger partial charge is 0.253 e. The van der Waals surface area contributed by atoms with Crippen LogP contribution < -0.4 is 10.5 Å². The summed E-state index contributed by atoms with van der Waals surface area (Å²) in [5.41, 5.74) is 7.81. The number of hydrogen-bond donors (Lipinski definition) is 1. The average Bonchev–Trinajstić information content (AvgIpc) is 2.66. The predicted molar refractivity (Wildman–Crippen MR) is 64.3 cm³/mol. The van der Waals surface area contributed by atoms with Crippen LogP contribution in [0.15, 0.2) is 16.0 Å². The molecule has 1 fully saturated rings. The second-order valence-corrected chi connectivity index (χ2v) is 4.27. The van der Waals surface area contributed by atoms with Crippen LogP contribution in [0.25, 0.3) is 10.4 Å². The molecule has 8 nitrogen and oxygen atoms in total. The average molecular weight is 269 g/mol. The normalized spacial score (nSPS) is 18.8. The van der Waals surface area contributed by atoms with Gasteiger partial charge >= 0.3 is 0 Å². The highest BCUT2D eigenvalue weighted by atomic mass is 35.5. The van der Waals surface area contributed by atoms with E-state index in [0.29, 0.717) is 6.54 Å². The minimum Gasteiger partial charge on any atom is -0.292 e. The van der Waals surface area contributed by atoms with E-state index in [1.165, 1.54) is 4.90 Å². The molecule has 0 bridgehead atoms. The number of azide groups is 1. The molecule has 94 valence electrons. The number of carbonyl (C=O) groups excluding carboxylic acids is 1. The number of aromatic nitrogens is 2. The fraction of sp³-hybridized carbons (Fsp3) is 0.444. The maximum atomic E-state index is 11.8. The largest absolute Gasteiger partial charge is 0.292 e. The molecule has 1 aromatic heterocycles. The zero-order valence-corrected chi connectivity index (χ0v) is 9.96. The van der Waals surface area contributed by atoms with Crippen molar-refractivity contribution in [3.05, 3.63) is 32.0 Å². The van der Waals surface area contributed by atoms with Crippen molar-refractivity contribution in [3.63, 3.8) is 0 Å². The molecule has 0 aromatic carbocycles. The van der Waals surface area contributed by atoms with Crippen molar-refractivity contribution in [1.29, 1.82) is 0 Å². The Hall–Kier alpha value is -2.05. The first kappa shape index (κ1) is 12.4. The van der Waals surface area contributed by atoms with Crippen LogP contribution in [0, 0.1) is 5.92 Å². The summed E-state index contributed by atoms with van der Waals surface area (Å²) in [5, 5.41) is 3.46. The van der Waals surface area contributed by atoms with Crippen LogP contribution in [0.4, 0.5) is 5.95 Å². The van der Waals surface area contributed by atoms with Crippen molar-refractivity contribution in [2.24, 2.45) is 11.0 Å². The van der Waals surface area contributed by atoms with Gasteiger partial charge in [0.2, 0.25) is 11.9 Å². The van der Waals surface area contributed by atoms with Gasteiger partial charge in [0.05, 0.1) is 0 Å². The molecule has 1 N–H and O–H groups in total. The van der Waals surface area contributed by atoms with Gasteiger partial charge in [-0.2, -0.15) is 0 Å². The second-order valence-electron chi connectivity index (χ2n) is 3.88. The van der Waals surface area contributed by atoms with Gasteiger partial charge in [-0.3, -0.25) is 19.5 Å². The first-order valence-corrected chi connectivity index (χ1v) is 5.56. The van der Waals surface area contributed by atoms with Gasteiger partial charge < -0.3 is 0 Å². The van der Waals surface area contributed by atoms with E-state index < -0.39 is 5.56 Å². The van der Waals surface area contributed by atoms with Crippen molar-refractivity contribution in [2.75, 3.05) is 18.0 Å². The number of aromatic amines is 1. The predicted octanol–water partition coefficient (Wildman–Crippen LogP) is 1.09. The zero-order chi connectivity index (χ0) is 13.1.